The molecule has 0 spiro atoms. The lowest BCUT2D eigenvalue weighted by Gasteiger charge is -2.32. The fourth-order valence-corrected chi connectivity index (χ4v) is 1.74. The fraction of sp³-hybridized carbons (Fsp3) is 0.769. The molecule has 0 atom stereocenters. The van der Waals surface area contributed by atoms with Crippen molar-refractivity contribution >= 4 is 17.9 Å². The van der Waals surface area contributed by atoms with Crippen molar-refractivity contribution in [1.82, 2.24) is 15.1 Å². The molecule has 0 aliphatic rings. The molecule has 2 N–H and O–H groups in total. The van der Waals surface area contributed by atoms with Crippen LogP contribution in [0.4, 0.5) is 4.79 Å². The summed E-state index contributed by atoms with van der Waals surface area (Å²) in [5.41, 5.74) is 0. The van der Waals surface area contributed by atoms with E-state index in [2.05, 4.69) is 5.32 Å². The van der Waals surface area contributed by atoms with Gasteiger partial charge in [-0.25, -0.2) is 4.79 Å². The van der Waals surface area contributed by atoms with Gasteiger partial charge in [-0.2, -0.15) is 0 Å². The third kappa shape index (κ3) is 6.40. The topological polar surface area (TPSA) is 90.0 Å². The van der Waals surface area contributed by atoms with Gasteiger partial charge in [0.25, 0.3) is 0 Å². The quantitative estimate of drug-likeness (QED) is 0.689. The summed E-state index contributed by atoms with van der Waals surface area (Å²) in [5, 5.41) is 11.2. The zero-order valence-corrected chi connectivity index (χ0v) is 12.7. The summed E-state index contributed by atoms with van der Waals surface area (Å²) < 4.78 is 0. The van der Waals surface area contributed by atoms with Gasteiger partial charge in [-0.15, -0.1) is 0 Å². The second kappa shape index (κ2) is 9.17. The number of carboxylic acid groups (broad SMARTS) is 1. The minimum absolute atomic E-state index is 0.0144. The van der Waals surface area contributed by atoms with E-state index in [-0.39, 0.29) is 37.5 Å². The van der Waals surface area contributed by atoms with E-state index < -0.39 is 5.97 Å². The van der Waals surface area contributed by atoms with Crippen LogP contribution in [0.15, 0.2) is 0 Å². The lowest BCUT2D eigenvalue weighted by Crippen LogP contribution is -2.50. The van der Waals surface area contributed by atoms with E-state index in [0.717, 1.165) is 6.42 Å². The summed E-state index contributed by atoms with van der Waals surface area (Å²) in [6, 6.07) is -0.419. The Labute approximate surface area is 119 Å². The summed E-state index contributed by atoms with van der Waals surface area (Å²) >= 11 is 0. The average molecular weight is 287 g/mol. The van der Waals surface area contributed by atoms with Gasteiger partial charge in [0.2, 0.25) is 5.91 Å². The molecule has 20 heavy (non-hydrogen) atoms. The molecule has 0 aliphatic carbocycles. The molecule has 0 aromatic rings. The highest BCUT2D eigenvalue weighted by molar-refractivity contribution is 5.84. The minimum atomic E-state index is -0.947. The Morgan fingerprint density at radius 1 is 1.20 bits per heavy atom. The number of amides is 3. The van der Waals surface area contributed by atoms with Gasteiger partial charge in [-0.3, -0.25) is 9.59 Å². The Hall–Kier alpha value is -1.79. The summed E-state index contributed by atoms with van der Waals surface area (Å²) in [6.07, 6.45) is 0.622. The van der Waals surface area contributed by atoms with E-state index in [1.807, 2.05) is 20.8 Å². The number of nitrogens with one attached hydrogen (secondary N) is 1. The molecule has 3 amide bonds. The van der Waals surface area contributed by atoms with Crippen LogP contribution in [0, 0.1) is 0 Å². The smallest absolute Gasteiger partial charge is 0.320 e. The molecular weight excluding hydrogens is 262 g/mol. The van der Waals surface area contributed by atoms with Crippen LogP contribution in [-0.4, -0.2) is 65.5 Å². The summed E-state index contributed by atoms with van der Waals surface area (Å²) in [5.74, 6) is -1.19. The normalized spacial score (nSPS) is 10.2. The molecule has 0 radical (unpaired) electrons. The van der Waals surface area contributed by atoms with Crippen molar-refractivity contribution in [3.05, 3.63) is 0 Å². The van der Waals surface area contributed by atoms with E-state index in [1.54, 1.807) is 0 Å². The van der Waals surface area contributed by atoms with E-state index >= 15 is 0 Å². The minimum Gasteiger partial charge on any atom is -0.481 e. The number of aliphatic carboxylic acids is 1. The van der Waals surface area contributed by atoms with Gasteiger partial charge in [0.1, 0.15) is 6.54 Å². The number of carboxylic acids is 1. The highest BCUT2D eigenvalue weighted by atomic mass is 16.4. The van der Waals surface area contributed by atoms with Gasteiger partial charge in [-0.1, -0.05) is 6.92 Å². The number of carbonyl (C=O) groups excluding carboxylic acids is 2. The summed E-state index contributed by atoms with van der Waals surface area (Å²) in [4.78, 5) is 37.4. The molecule has 7 heteroatoms. The Kier molecular flexibility index (Phi) is 8.35. The van der Waals surface area contributed by atoms with E-state index in [1.165, 1.54) is 16.8 Å². The van der Waals surface area contributed by atoms with Crippen molar-refractivity contribution in [2.24, 2.45) is 0 Å². The van der Waals surface area contributed by atoms with Gasteiger partial charge < -0.3 is 20.2 Å². The van der Waals surface area contributed by atoms with Crippen LogP contribution in [0.2, 0.25) is 0 Å². The highest BCUT2D eigenvalue weighted by Crippen LogP contribution is 2.07. The van der Waals surface area contributed by atoms with Crippen molar-refractivity contribution in [2.45, 2.75) is 39.7 Å². The predicted molar refractivity (Wildman–Crippen MR) is 75.4 cm³/mol. The Balaban J connectivity index is 4.85. The molecule has 0 rings (SSSR count). The van der Waals surface area contributed by atoms with Gasteiger partial charge in [0.05, 0.1) is 6.42 Å². The van der Waals surface area contributed by atoms with Crippen molar-refractivity contribution in [3.8, 4) is 0 Å². The number of hydrogen-bond acceptors (Lipinski definition) is 3. The van der Waals surface area contributed by atoms with E-state index in [0.29, 0.717) is 6.54 Å². The van der Waals surface area contributed by atoms with E-state index in [9.17, 15) is 14.4 Å². The van der Waals surface area contributed by atoms with Gasteiger partial charge in [0, 0.05) is 26.2 Å². The fourth-order valence-electron chi connectivity index (χ4n) is 1.74. The van der Waals surface area contributed by atoms with Crippen LogP contribution in [0.5, 0.6) is 0 Å². The SMILES string of the molecule is CCCN(CC(=O)NC)C(=O)N(CCC(=O)O)C(C)C. The van der Waals surface area contributed by atoms with Crippen molar-refractivity contribution in [1.29, 1.82) is 0 Å². The number of carbonyl (C=O) groups is 3. The molecule has 0 fully saturated rings. The molecule has 0 saturated heterocycles. The second-order valence-electron chi connectivity index (χ2n) is 4.81. The van der Waals surface area contributed by atoms with Crippen molar-refractivity contribution in [3.63, 3.8) is 0 Å². The van der Waals surface area contributed by atoms with Crippen molar-refractivity contribution < 1.29 is 19.5 Å². The Morgan fingerprint density at radius 3 is 2.20 bits per heavy atom. The lowest BCUT2D eigenvalue weighted by atomic mass is 10.3. The molecule has 7 nitrogen and oxygen atoms in total. The Morgan fingerprint density at radius 2 is 1.80 bits per heavy atom. The number of nitrogens with zero attached hydrogens (tertiary/aromatic N) is 2. The molecule has 0 aromatic heterocycles. The first kappa shape index (κ1) is 18.2. The van der Waals surface area contributed by atoms with Gasteiger partial charge >= 0.3 is 12.0 Å². The van der Waals surface area contributed by atoms with Crippen LogP contribution >= 0.6 is 0 Å². The van der Waals surface area contributed by atoms with Crippen molar-refractivity contribution in [2.75, 3.05) is 26.7 Å². The average Bonchev–Trinajstić information content (AvgIpc) is 2.37. The van der Waals surface area contributed by atoms with Crippen LogP contribution in [0.3, 0.4) is 0 Å². The molecule has 0 saturated carbocycles. The second-order valence-corrected chi connectivity index (χ2v) is 4.81. The maximum absolute atomic E-state index is 12.4. The number of urea groups is 1. The maximum atomic E-state index is 12.4. The molecule has 0 aliphatic heterocycles. The third-order valence-electron chi connectivity index (χ3n) is 2.81. The predicted octanol–water partition coefficient (Wildman–Crippen LogP) is 0.750. The Bertz CT molecular complexity index is 345. The van der Waals surface area contributed by atoms with Crippen LogP contribution < -0.4 is 5.32 Å². The lowest BCUT2D eigenvalue weighted by molar-refractivity contribution is -0.137. The first-order valence-electron chi connectivity index (χ1n) is 6.81. The van der Waals surface area contributed by atoms with Gasteiger partial charge in [0.15, 0.2) is 0 Å². The monoisotopic (exact) mass is 287 g/mol. The zero-order chi connectivity index (χ0) is 15.7. The molecule has 0 bridgehead atoms. The number of likely N-dealkylation sites (N-methyl/N-ethyl adjacent to an activating group) is 1. The molecule has 0 aromatic carbocycles. The maximum Gasteiger partial charge on any atom is 0.320 e. The summed E-state index contributed by atoms with van der Waals surface area (Å²) in [7, 11) is 1.52. The van der Waals surface area contributed by atoms with Crippen LogP contribution in [0.25, 0.3) is 0 Å². The standard InChI is InChI=1S/C13H25N3O4/c1-5-7-15(9-11(17)14-4)13(20)16(10(2)3)8-6-12(18)19/h10H,5-9H2,1-4H3,(H,14,17)(H,18,19). The largest absolute Gasteiger partial charge is 0.481 e. The molecule has 0 unspecified atom stereocenters. The number of hydrogen-bond donors (Lipinski definition) is 2. The zero-order valence-electron chi connectivity index (χ0n) is 12.7. The van der Waals surface area contributed by atoms with Crippen LogP contribution in [0.1, 0.15) is 33.6 Å². The molecular formula is C13H25N3O4. The highest BCUT2D eigenvalue weighted by Gasteiger charge is 2.24. The molecule has 116 valence electrons. The van der Waals surface area contributed by atoms with Crippen LogP contribution in [-0.2, 0) is 9.59 Å². The number of rotatable bonds is 8. The first-order valence-corrected chi connectivity index (χ1v) is 6.81. The van der Waals surface area contributed by atoms with E-state index in [4.69, 9.17) is 5.11 Å². The third-order valence-corrected chi connectivity index (χ3v) is 2.81. The molecule has 0 heterocycles. The first-order chi connectivity index (χ1) is 9.33. The summed E-state index contributed by atoms with van der Waals surface area (Å²) in [6.45, 7) is 6.15. The van der Waals surface area contributed by atoms with Gasteiger partial charge in [-0.05, 0) is 20.3 Å².